The smallest absolute Gasteiger partial charge is 0.258 e. The van der Waals surface area contributed by atoms with Gasteiger partial charge in [-0.15, -0.1) is 0 Å². The van der Waals surface area contributed by atoms with Crippen molar-refractivity contribution in [3.8, 4) is 5.75 Å². The summed E-state index contributed by atoms with van der Waals surface area (Å²) in [7, 11) is 0. The summed E-state index contributed by atoms with van der Waals surface area (Å²) in [5.74, 6) is 0.647. The molecule has 0 unspecified atom stereocenters. The van der Waals surface area contributed by atoms with Crippen molar-refractivity contribution in [1.29, 1.82) is 0 Å². The van der Waals surface area contributed by atoms with Gasteiger partial charge in [-0.1, -0.05) is 19.9 Å². The number of rotatable bonds is 7. The van der Waals surface area contributed by atoms with Crippen molar-refractivity contribution >= 4 is 21.8 Å². The van der Waals surface area contributed by atoms with Gasteiger partial charge in [0.05, 0.1) is 4.47 Å². The first-order valence-corrected chi connectivity index (χ1v) is 7.78. The predicted octanol–water partition coefficient (Wildman–Crippen LogP) is 2.60. The standard InChI is InChI=1S/C15H21BrN2O2/c1-10(2)17-8-11-3-6-14(13(16)7-11)20-9-15(19)18-12-4-5-12/h3,6-7,10,12,17H,4-5,8-9H2,1-2H3,(H,18,19). The molecule has 1 fully saturated rings. The number of halogens is 1. The Kier molecular flexibility index (Phi) is 5.43. The van der Waals surface area contributed by atoms with Crippen LogP contribution in [-0.4, -0.2) is 24.6 Å². The highest BCUT2D eigenvalue weighted by Gasteiger charge is 2.23. The lowest BCUT2D eigenvalue weighted by atomic mass is 10.2. The van der Waals surface area contributed by atoms with E-state index in [4.69, 9.17) is 4.74 Å². The monoisotopic (exact) mass is 340 g/mol. The Bertz CT molecular complexity index is 473. The van der Waals surface area contributed by atoms with E-state index >= 15 is 0 Å². The minimum absolute atomic E-state index is 0.0510. The minimum atomic E-state index is -0.0510. The summed E-state index contributed by atoms with van der Waals surface area (Å²) in [5, 5.41) is 6.26. The van der Waals surface area contributed by atoms with Crippen LogP contribution in [0.2, 0.25) is 0 Å². The summed E-state index contributed by atoms with van der Waals surface area (Å²) < 4.78 is 6.40. The van der Waals surface area contributed by atoms with Gasteiger partial charge in [0, 0.05) is 18.6 Å². The maximum atomic E-state index is 11.6. The van der Waals surface area contributed by atoms with Crippen LogP contribution in [0.1, 0.15) is 32.3 Å². The molecule has 1 aliphatic rings. The van der Waals surface area contributed by atoms with Gasteiger partial charge in [0.25, 0.3) is 5.91 Å². The molecule has 0 saturated heterocycles. The molecular formula is C15H21BrN2O2. The Morgan fingerprint density at radius 2 is 2.20 bits per heavy atom. The topological polar surface area (TPSA) is 50.4 Å². The number of amides is 1. The SMILES string of the molecule is CC(C)NCc1ccc(OCC(=O)NC2CC2)c(Br)c1. The van der Waals surface area contributed by atoms with E-state index in [2.05, 4.69) is 40.4 Å². The fraction of sp³-hybridized carbons (Fsp3) is 0.533. The van der Waals surface area contributed by atoms with Crippen molar-refractivity contribution in [1.82, 2.24) is 10.6 Å². The van der Waals surface area contributed by atoms with E-state index in [1.807, 2.05) is 18.2 Å². The summed E-state index contributed by atoms with van der Waals surface area (Å²) in [6.07, 6.45) is 2.18. The lowest BCUT2D eigenvalue weighted by Crippen LogP contribution is -2.30. The van der Waals surface area contributed by atoms with E-state index < -0.39 is 0 Å². The average Bonchev–Trinajstić information content (AvgIpc) is 3.19. The largest absolute Gasteiger partial charge is 0.483 e. The van der Waals surface area contributed by atoms with E-state index in [1.54, 1.807) is 0 Å². The number of hydrogen-bond donors (Lipinski definition) is 2. The molecule has 0 atom stereocenters. The third kappa shape index (κ3) is 5.13. The van der Waals surface area contributed by atoms with Gasteiger partial charge in [0.1, 0.15) is 5.75 Å². The zero-order valence-electron chi connectivity index (χ0n) is 11.9. The van der Waals surface area contributed by atoms with Gasteiger partial charge in [0.2, 0.25) is 0 Å². The van der Waals surface area contributed by atoms with Gasteiger partial charge in [-0.05, 0) is 46.5 Å². The first-order valence-electron chi connectivity index (χ1n) is 6.98. The molecule has 0 radical (unpaired) electrons. The number of nitrogens with one attached hydrogen (secondary N) is 2. The Hall–Kier alpha value is -1.07. The van der Waals surface area contributed by atoms with Crippen molar-refractivity contribution in [2.45, 2.75) is 45.3 Å². The number of carbonyl (C=O) groups excluding carboxylic acids is 1. The Morgan fingerprint density at radius 1 is 1.45 bits per heavy atom. The molecular weight excluding hydrogens is 320 g/mol. The van der Waals surface area contributed by atoms with Gasteiger partial charge in [-0.25, -0.2) is 0 Å². The fourth-order valence-electron chi connectivity index (χ4n) is 1.73. The normalized spacial score (nSPS) is 14.4. The van der Waals surface area contributed by atoms with Gasteiger partial charge < -0.3 is 15.4 Å². The van der Waals surface area contributed by atoms with Crippen LogP contribution >= 0.6 is 15.9 Å². The van der Waals surface area contributed by atoms with Gasteiger partial charge >= 0.3 is 0 Å². The Labute approximate surface area is 128 Å². The molecule has 0 heterocycles. The third-order valence-corrected chi connectivity index (χ3v) is 3.63. The summed E-state index contributed by atoms with van der Waals surface area (Å²) in [4.78, 5) is 11.6. The molecule has 2 N–H and O–H groups in total. The van der Waals surface area contributed by atoms with Crippen LogP contribution in [0.3, 0.4) is 0 Å². The van der Waals surface area contributed by atoms with Crippen LogP contribution < -0.4 is 15.4 Å². The van der Waals surface area contributed by atoms with Crippen LogP contribution in [0, 0.1) is 0 Å². The number of hydrogen-bond acceptors (Lipinski definition) is 3. The van der Waals surface area contributed by atoms with Crippen LogP contribution in [0.25, 0.3) is 0 Å². The summed E-state index contributed by atoms with van der Waals surface area (Å²) in [6, 6.07) is 6.75. The molecule has 1 saturated carbocycles. The highest BCUT2D eigenvalue weighted by molar-refractivity contribution is 9.10. The lowest BCUT2D eigenvalue weighted by Gasteiger charge is -2.11. The average molecular weight is 341 g/mol. The summed E-state index contributed by atoms with van der Waals surface area (Å²) >= 11 is 3.48. The third-order valence-electron chi connectivity index (χ3n) is 3.01. The van der Waals surface area contributed by atoms with E-state index in [0.717, 1.165) is 23.9 Å². The highest BCUT2D eigenvalue weighted by atomic mass is 79.9. The van der Waals surface area contributed by atoms with Crippen molar-refractivity contribution in [3.63, 3.8) is 0 Å². The number of benzene rings is 1. The molecule has 2 rings (SSSR count). The number of ether oxygens (including phenoxy) is 1. The van der Waals surface area contributed by atoms with E-state index in [0.29, 0.717) is 17.8 Å². The van der Waals surface area contributed by atoms with Crippen LogP contribution in [-0.2, 0) is 11.3 Å². The van der Waals surface area contributed by atoms with Crippen LogP contribution in [0.5, 0.6) is 5.75 Å². The lowest BCUT2D eigenvalue weighted by molar-refractivity contribution is -0.123. The zero-order chi connectivity index (χ0) is 14.5. The fourth-order valence-corrected chi connectivity index (χ4v) is 2.27. The van der Waals surface area contributed by atoms with Crippen molar-refractivity contribution < 1.29 is 9.53 Å². The summed E-state index contributed by atoms with van der Waals surface area (Å²) in [5.41, 5.74) is 1.18. The van der Waals surface area contributed by atoms with Crippen molar-refractivity contribution in [2.75, 3.05) is 6.61 Å². The maximum absolute atomic E-state index is 11.6. The molecule has 0 aromatic heterocycles. The van der Waals surface area contributed by atoms with Gasteiger partial charge in [0.15, 0.2) is 6.61 Å². The molecule has 1 amide bonds. The first-order chi connectivity index (χ1) is 9.54. The second-order valence-corrected chi connectivity index (χ2v) is 6.29. The van der Waals surface area contributed by atoms with E-state index in [9.17, 15) is 4.79 Å². The molecule has 4 nitrogen and oxygen atoms in total. The van der Waals surface area contributed by atoms with Gasteiger partial charge in [-0.2, -0.15) is 0 Å². The summed E-state index contributed by atoms with van der Waals surface area (Å²) in [6.45, 7) is 5.12. The molecule has 1 aromatic carbocycles. The molecule has 1 aromatic rings. The second-order valence-electron chi connectivity index (χ2n) is 5.43. The van der Waals surface area contributed by atoms with Gasteiger partial charge in [-0.3, -0.25) is 4.79 Å². The molecule has 1 aliphatic carbocycles. The predicted molar refractivity (Wildman–Crippen MR) is 82.8 cm³/mol. The zero-order valence-corrected chi connectivity index (χ0v) is 13.5. The molecule has 110 valence electrons. The quantitative estimate of drug-likeness (QED) is 0.802. The van der Waals surface area contributed by atoms with E-state index in [-0.39, 0.29) is 12.5 Å². The number of carbonyl (C=O) groups is 1. The van der Waals surface area contributed by atoms with Crippen LogP contribution in [0.4, 0.5) is 0 Å². The first kappa shape index (κ1) is 15.3. The molecule has 0 bridgehead atoms. The van der Waals surface area contributed by atoms with Crippen molar-refractivity contribution in [3.05, 3.63) is 28.2 Å². The maximum Gasteiger partial charge on any atom is 0.258 e. The minimum Gasteiger partial charge on any atom is -0.483 e. The molecule has 5 heteroatoms. The molecule has 0 spiro atoms. The Balaban J connectivity index is 1.83. The second kappa shape index (κ2) is 7.09. The highest BCUT2D eigenvalue weighted by Crippen LogP contribution is 2.26. The van der Waals surface area contributed by atoms with Crippen molar-refractivity contribution in [2.24, 2.45) is 0 Å². The van der Waals surface area contributed by atoms with E-state index in [1.165, 1.54) is 5.56 Å². The molecule has 0 aliphatic heterocycles. The van der Waals surface area contributed by atoms with Crippen LogP contribution in [0.15, 0.2) is 22.7 Å². The molecule has 20 heavy (non-hydrogen) atoms. The Morgan fingerprint density at radius 3 is 2.80 bits per heavy atom.